The second-order valence-electron chi connectivity index (χ2n) is 15.7. The van der Waals surface area contributed by atoms with Crippen LogP contribution in [0, 0.1) is 0 Å². The Morgan fingerprint density at radius 3 is 1.87 bits per heavy atom. The largest absolute Gasteiger partial charge is 0.309 e. The van der Waals surface area contributed by atoms with Crippen LogP contribution in [0.3, 0.4) is 0 Å². The Kier molecular flexibility index (Phi) is 6.98. The summed E-state index contributed by atoms with van der Waals surface area (Å²) < 4.78 is 2.37. The van der Waals surface area contributed by atoms with E-state index < -0.39 is 0 Å². The van der Waals surface area contributed by atoms with Crippen LogP contribution >= 0.6 is 0 Å². The van der Waals surface area contributed by atoms with Crippen molar-refractivity contribution in [3.8, 4) is 39.5 Å². The summed E-state index contributed by atoms with van der Waals surface area (Å²) in [6, 6.07) is 74.3. The van der Waals surface area contributed by atoms with Crippen LogP contribution in [-0.2, 0) is 0 Å². The van der Waals surface area contributed by atoms with Crippen molar-refractivity contribution in [3.63, 3.8) is 0 Å². The highest BCUT2D eigenvalue weighted by Gasteiger charge is 2.29. The van der Waals surface area contributed by atoms with Gasteiger partial charge in [0.25, 0.3) is 0 Å². The van der Waals surface area contributed by atoms with Gasteiger partial charge in [0.2, 0.25) is 0 Å². The van der Waals surface area contributed by atoms with Crippen molar-refractivity contribution in [3.05, 3.63) is 206 Å². The van der Waals surface area contributed by atoms with Crippen LogP contribution in [0.25, 0.3) is 104 Å². The van der Waals surface area contributed by atoms with Gasteiger partial charge in [-0.2, -0.15) is 0 Å². The molecule has 0 amide bonds. The Bertz CT molecular complexity index is 3730. The van der Waals surface area contributed by atoms with Crippen LogP contribution in [0.2, 0.25) is 0 Å². The van der Waals surface area contributed by atoms with E-state index in [0.29, 0.717) is 5.82 Å². The third-order valence-electron chi connectivity index (χ3n) is 12.5. The Balaban J connectivity index is 1.07. The third-order valence-corrected chi connectivity index (χ3v) is 12.5. The number of fused-ring (bicyclic) bond motifs is 9. The topological polar surface area (TPSA) is 34.0 Å². The molecule has 0 N–H and O–H groups in total. The SMILES string of the molecule is c1ccc(-n2c3ccccc3c3c(-c4nc(-c5ccc(N6c7c(ccc8ccccc78)-c7cccc8cccc6c78)c6ccccc56)nc5ccccc45)cccc32)cc1. The smallest absolute Gasteiger partial charge is 0.161 e. The number of nitrogens with zero attached hydrogens (tertiary/aromatic N) is 4. The van der Waals surface area contributed by atoms with Gasteiger partial charge in [0.1, 0.15) is 0 Å². The molecule has 0 radical (unpaired) electrons. The maximum atomic E-state index is 5.58. The fraction of sp³-hybridized carbons (Fsp3) is 0. The number of para-hydroxylation sites is 3. The number of rotatable bonds is 4. The number of hydrogen-bond donors (Lipinski definition) is 0. The zero-order valence-corrected chi connectivity index (χ0v) is 32.4. The summed E-state index contributed by atoms with van der Waals surface area (Å²) in [6.45, 7) is 0. The highest BCUT2D eigenvalue weighted by atomic mass is 15.2. The molecule has 1 aliphatic heterocycles. The van der Waals surface area contributed by atoms with Crippen molar-refractivity contribution in [2.75, 3.05) is 4.90 Å². The monoisotopic (exact) mass is 762 g/mol. The summed E-state index contributed by atoms with van der Waals surface area (Å²) in [5.41, 5.74) is 13.3. The van der Waals surface area contributed by atoms with E-state index in [9.17, 15) is 0 Å². The molecular weight excluding hydrogens is 729 g/mol. The van der Waals surface area contributed by atoms with E-state index in [1.807, 2.05) is 0 Å². The molecule has 0 unspecified atom stereocenters. The van der Waals surface area contributed by atoms with Crippen LogP contribution in [0.4, 0.5) is 17.1 Å². The summed E-state index contributed by atoms with van der Waals surface area (Å²) >= 11 is 0. The molecule has 60 heavy (non-hydrogen) atoms. The maximum absolute atomic E-state index is 5.58. The van der Waals surface area contributed by atoms with Gasteiger partial charge in [-0.3, -0.25) is 0 Å². The van der Waals surface area contributed by atoms with Gasteiger partial charge >= 0.3 is 0 Å². The zero-order chi connectivity index (χ0) is 39.3. The first-order valence-corrected chi connectivity index (χ1v) is 20.5. The minimum Gasteiger partial charge on any atom is -0.309 e. The van der Waals surface area contributed by atoms with E-state index in [2.05, 4.69) is 216 Å². The van der Waals surface area contributed by atoms with Crippen LogP contribution in [0.5, 0.6) is 0 Å². The van der Waals surface area contributed by atoms with Crippen LogP contribution in [0.1, 0.15) is 0 Å². The van der Waals surface area contributed by atoms with Gasteiger partial charge in [0, 0.05) is 54.7 Å². The van der Waals surface area contributed by atoms with E-state index in [1.165, 1.54) is 54.8 Å². The molecule has 12 aromatic rings. The van der Waals surface area contributed by atoms with Gasteiger partial charge in [-0.05, 0) is 70.3 Å². The van der Waals surface area contributed by atoms with E-state index >= 15 is 0 Å². The molecule has 10 aromatic carbocycles. The first kappa shape index (κ1) is 32.9. The average molecular weight is 763 g/mol. The molecule has 0 saturated heterocycles. The second-order valence-corrected chi connectivity index (χ2v) is 15.7. The minimum absolute atomic E-state index is 0.701. The summed E-state index contributed by atoms with van der Waals surface area (Å²) in [7, 11) is 0. The predicted molar refractivity (Wildman–Crippen MR) is 251 cm³/mol. The summed E-state index contributed by atoms with van der Waals surface area (Å²) in [5.74, 6) is 0.701. The summed E-state index contributed by atoms with van der Waals surface area (Å²) in [4.78, 5) is 13.4. The Labute approximate surface area is 345 Å². The Morgan fingerprint density at radius 2 is 0.983 bits per heavy atom. The molecule has 4 nitrogen and oxygen atoms in total. The lowest BCUT2D eigenvalue weighted by atomic mass is 9.88. The van der Waals surface area contributed by atoms with Gasteiger partial charge < -0.3 is 9.47 Å². The third kappa shape index (κ3) is 4.67. The quantitative estimate of drug-likeness (QED) is 0.179. The van der Waals surface area contributed by atoms with Crippen molar-refractivity contribution in [2.45, 2.75) is 0 Å². The molecule has 0 atom stereocenters. The molecule has 4 heteroatoms. The molecule has 0 fully saturated rings. The van der Waals surface area contributed by atoms with Crippen molar-refractivity contribution < 1.29 is 0 Å². The second kappa shape index (κ2) is 12.7. The predicted octanol–water partition coefficient (Wildman–Crippen LogP) is 15.0. The first-order valence-electron chi connectivity index (χ1n) is 20.5. The standard InChI is InChI=1S/C56H34N4/c1-2-18-37(19-3-1)59-48-28-11-9-24-45(48)53-46(26-14-30-51(53)59)54-44-23-8-10-27-47(44)57-56(58-54)43-33-34-49(40-22-7-6-21-39(40)43)60-50-29-13-17-36-16-12-25-41(52(36)50)42-32-31-35-15-4-5-20-38(35)55(42)60/h1-34H. The lowest BCUT2D eigenvalue weighted by Crippen LogP contribution is -2.16. The molecular formula is C56H34N4. The van der Waals surface area contributed by atoms with E-state index in [1.54, 1.807) is 0 Å². The minimum atomic E-state index is 0.701. The average Bonchev–Trinajstić information content (AvgIpc) is 3.66. The first-order chi connectivity index (χ1) is 29.8. The molecule has 278 valence electrons. The molecule has 1 aliphatic rings. The van der Waals surface area contributed by atoms with Crippen LogP contribution in [0.15, 0.2) is 206 Å². The zero-order valence-electron chi connectivity index (χ0n) is 32.4. The normalized spacial score (nSPS) is 12.3. The van der Waals surface area contributed by atoms with Crippen LogP contribution < -0.4 is 4.90 Å². The Morgan fingerprint density at radius 1 is 0.333 bits per heavy atom. The van der Waals surface area contributed by atoms with E-state index in [4.69, 9.17) is 9.97 Å². The number of anilines is 3. The molecule has 2 aromatic heterocycles. The van der Waals surface area contributed by atoms with Gasteiger partial charge in [-0.25, -0.2) is 9.97 Å². The van der Waals surface area contributed by atoms with Crippen molar-refractivity contribution in [1.29, 1.82) is 0 Å². The number of benzene rings is 10. The summed E-state index contributed by atoms with van der Waals surface area (Å²) in [5, 5.41) is 10.6. The Hall–Kier alpha value is -8.08. The highest BCUT2D eigenvalue weighted by molar-refractivity contribution is 6.21. The summed E-state index contributed by atoms with van der Waals surface area (Å²) in [6.07, 6.45) is 0. The van der Waals surface area contributed by atoms with Crippen molar-refractivity contribution >= 4 is 82.1 Å². The lowest BCUT2D eigenvalue weighted by Gasteiger charge is -2.35. The van der Waals surface area contributed by atoms with Crippen molar-refractivity contribution in [1.82, 2.24) is 14.5 Å². The lowest BCUT2D eigenvalue weighted by molar-refractivity contribution is 1.18. The molecule has 0 spiro atoms. The molecule has 13 rings (SSSR count). The van der Waals surface area contributed by atoms with Gasteiger partial charge in [-0.1, -0.05) is 158 Å². The fourth-order valence-electron chi connectivity index (χ4n) is 9.96. The van der Waals surface area contributed by atoms with E-state index in [0.717, 1.165) is 60.9 Å². The molecule has 0 saturated carbocycles. The van der Waals surface area contributed by atoms with Crippen molar-refractivity contribution in [2.24, 2.45) is 0 Å². The fourth-order valence-corrected chi connectivity index (χ4v) is 9.96. The van der Waals surface area contributed by atoms with Gasteiger partial charge in [0.15, 0.2) is 5.82 Å². The van der Waals surface area contributed by atoms with Gasteiger partial charge in [0.05, 0.1) is 39.3 Å². The number of hydrogen-bond acceptors (Lipinski definition) is 3. The van der Waals surface area contributed by atoms with Gasteiger partial charge in [-0.15, -0.1) is 0 Å². The molecule has 0 aliphatic carbocycles. The molecule has 3 heterocycles. The number of aromatic nitrogens is 3. The maximum Gasteiger partial charge on any atom is 0.161 e. The molecule has 0 bridgehead atoms. The highest BCUT2D eigenvalue weighted by Crippen LogP contribution is 2.55. The van der Waals surface area contributed by atoms with E-state index in [-0.39, 0.29) is 0 Å². The van der Waals surface area contributed by atoms with Crippen LogP contribution in [-0.4, -0.2) is 14.5 Å².